The molecule has 94 valence electrons. The minimum atomic E-state index is 0.0381. The summed E-state index contributed by atoms with van der Waals surface area (Å²) in [6, 6.07) is 8.53. The SMILES string of the molecule is CC(NCc1ccncc1)c1cc(O)cc(O)c1. The van der Waals surface area contributed by atoms with Gasteiger partial charge in [-0.25, -0.2) is 0 Å². The van der Waals surface area contributed by atoms with Crippen LogP contribution in [0, 0.1) is 0 Å². The Hall–Kier alpha value is -2.07. The fourth-order valence-electron chi connectivity index (χ4n) is 1.76. The first-order valence-corrected chi connectivity index (χ1v) is 5.80. The summed E-state index contributed by atoms with van der Waals surface area (Å²) >= 11 is 0. The van der Waals surface area contributed by atoms with Gasteiger partial charge in [-0.1, -0.05) is 0 Å². The van der Waals surface area contributed by atoms with Gasteiger partial charge in [0, 0.05) is 31.0 Å². The zero-order valence-corrected chi connectivity index (χ0v) is 10.2. The molecule has 2 aromatic rings. The molecule has 0 bridgehead atoms. The molecular formula is C14H16N2O2. The average molecular weight is 244 g/mol. The van der Waals surface area contributed by atoms with Crippen molar-refractivity contribution in [3.05, 3.63) is 53.9 Å². The third-order valence-electron chi connectivity index (χ3n) is 2.79. The third kappa shape index (κ3) is 3.21. The first kappa shape index (κ1) is 12.4. The minimum Gasteiger partial charge on any atom is -0.508 e. The molecule has 2 rings (SSSR count). The quantitative estimate of drug-likeness (QED) is 0.772. The molecule has 4 heteroatoms. The monoisotopic (exact) mass is 244 g/mol. The number of phenols is 2. The molecule has 0 aliphatic heterocycles. The molecule has 1 heterocycles. The van der Waals surface area contributed by atoms with E-state index in [1.54, 1.807) is 24.5 Å². The highest BCUT2D eigenvalue weighted by Gasteiger charge is 2.07. The highest BCUT2D eigenvalue weighted by atomic mass is 16.3. The van der Waals surface area contributed by atoms with Crippen molar-refractivity contribution in [3.63, 3.8) is 0 Å². The van der Waals surface area contributed by atoms with E-state index in [1.165, 1.54) is 6.07 Å². The van der Waals surface area contributed by atoms with Crippen LogP contribution in [-0.2, 0) is 6.54 Å². The van der Waals surface area contributed by atoms with Crippen molar-refractivity contribution in [1.29, 1.82) is 0 Å². The third-order valence-corrected chi connectivity index (χ3v) is 2.79. The second-order valence-electron chi connectivity index (χ2n) is 4.24. The van der Waals surface area contributed by atoms with Gasteiger partial charge in [-0.05, 0) is 42.3 Å². The number of nitrogens with one attached hydrogen (secondary N) is 1. The predicted molar refractivity (Wildman–Crippen MR) is 69.3 cm³/mol. The number of benzene rings is 1. The molecule has 0 saturated carbocycles. The van der Waals surface area contributed by atoms with Crippen LogP contribution in [0.15, 0.2) is 42.7 Å². The van der Waals surface area contributed by atoms with Crippen molar-refractivity contribution in [2.45, 2.75) is 19.5 Å². The zero-order chi connectivity index (χ0) is 13.0. The van der Waals surface area contributed by atoms with E-state index in [0.717, 1.165) is 11.1 Å². The average Bonchev–Trinajstić information content (AvgIpc) is 2.36. The van der Waals surface area contributed by atoms with Crippen molar-refractivity contribution in [1.82, 2.24) is 10.3 Å². The van der Waals surface area contributed by atoms with Gasteiger partial charge < -0.3 is 15.5 Å². The number of phenolic OH excluding ortho intramolecular Hbond substituents is 2. The molecule has 0 radical (unpaired) electrons. The zero-order valence-electron chi connectivity index (χ0n) is 10.2. The summed E-state index contributed by atoms with van der Waals surface area (Å²) in [6.07, 6.45) is 3.50. The maximum Gasteiger partial charge on any atom is 0.119 e. The lowest BCUT2D eigenvalue weighted by Crippen LogP contribution is -2.17. The molecule has 4 nitrogen and oxygen atoms in total. The first-order valence-electron chi connectivity index (χ1n) is 5.80. The molecule has 1 aromatic heterocycles. The second kappa shape index (κ2) is 5.51. The molecule has 18 heavy (non-hydrogen) atoms. The standard InChI is InChI=1S/C14H16N2O2/c1-10(12-6-13(17)8-14(18)7-12)16-9-11-2-4-15-5-3-11/h2-8,10,16-18H,9H2,1H3. The largest absolute Gasteiger partial charge is 0.508 e. The van der Waals surface area contributed by atoms with E-state index in [2.05, 4.69) is 10.3 Å². The Morgan fingerprint density at radius 3 is 2.33 bits per heavy atom. The Morgan fingerprint density at radius 1 is 1.11 bits per heavy atom. The van der Waals surface area contributed by atoms with Crippen LogP contribution in [0.25, 0.3) is 0 Å². The number of aromatic nitrogens is 1. The van der Waals surface area contributed by atoms with Gasteiger partial charge in [0.2, 0.25) is 0 Å². The topological polar surface area (TPSA) is 65.4 Å². The number of aromatic hydroxyl groups is 2. The molecule has 0 aliphatic rings. The molecule has 1 aromatic carbocycles. The lowest BCUT2D eigenvalue weighted by atomic mass is 10.1. The number of hydrogen-bond acceptors (Lipinski definition) is 4. The van der Waals surface area contributed by atoms with Crippen LogP contribution in [0.3, 0.4) is 0 Å². The maximum absolute atomic E-state index is 9.43. The number of hydrogen-bond donors (Lipinski definition) is 3. The Bertz CT molecular complexity index is 494. The molecule has 1 atom stereocenters. The van der Waals surface area contributed by atoms with Crippen molar-refractivity contribution >= 4 is 0 Å². The smallest absolute Gasteiger partial charge is 0.119 e. The van der Waals surface area contributed by atoms with Crippen LogP contribution in [0.4, 0.5) is 0 Å². The van der Waals surface area contributed by atoms with Crippen LogP contribution in [-0.4, -0.2) is 15.2 Å². The summed E-state index contributed by atoms with van der Waals surface area (Å²) < 4.78 is 0. The van der Waals surface area contributed by atoms with Gasteiger partial charge in [0.05, 0.1) is 0 Å². The Morgan fingerprint density at radius 2 is 1.72 bits per heavy atom. The first-order chi connectivity index (χ1) is 8.65. The van der Waals surface area contributed by atoms with Crippen LogP contribution >= 0.6 is 0 Å². The van der Waals surface area contributed by atoms with E-state index in [4.69, 9.17) is 0 Å². The van der Waals surface area contributed by atoms with Gasteiger partial charge >= 0.3 is 0 Å². The van der Waals surface area contributed by atoms with Gasteiger partial charge in [-0.15, -0.1) is 0 Å². The maximum atomic E-state index is 9.43. The summed E-state index contributed by atoms with van der Waals surface area (Å²) in [5, 5.41) is 22.2. The Balaban J connectivity index is 2.01. The van der Waals surface area contributed by atoms with Gasteiger partial charge in [0.1, 0.15) is 11.5 Å². The van der Waals surface area contributed by atoms with Crippen molar-refractivity contribution in [2.75, 3.05) is 0 Å². The van der Waals surface area contributed by atoms with Crippen LogP contribution in [0.5, 0.6) is 11.5 Å². The summed E-state index contributed by atoms with van der Waals surface area (Å²) in [4.78, 5) is 3.96. The molecule has 0 aliphatic carbocycles. The highest BCUT2D eigenvalue weighted by Crippen LogP contribution is 2.24. The fourth-order valence-corrected chi connectivity index (χ4v) is 1.76. The van der Waals surface area contributed by atoms with Crippen LogP contribution in [0.1, 0.15) is 24.1 Å². The van der Waals surface area contributed by atoms with Gasteiger partial charge in [0.15, 0.2) is 0 Å². The second-order valence-corrected chi connectivity index (χ2v) is 4.24. The predicted octanol–water partition coefficient (Wildman–Crippen LogP) is 2.34. The molecule has 1 unspecified atom stereocenters. The van der Waals surface area contributed by atoms with Crippen LogP contribution in [0.2, 0.25) is 0 Å². The number of rotatable bonds is 4. The number of pyridine rings is 1. The minimum absolute atomic E-state index is 0.0381. The normalized spacial score (nSPS) is 12.3. The lowest BCUT2D eigenvalue weighted by molar-refractivity contribution is 0.446. The molecule has 0 amide bonds. The van der Waals surface area contributed by atoms with E-state index in [1.807, 2.05) is 19.1 Å². The molecular weight excluding hydrogens is 228 g/mol. The fraction of sp³-hybridized carbons (Fsp3) is 0.214. The summed E-state index contributed by atoms with van der Waals surface area (Å²) in [7, 11) is 0. The van der Waals surface area contributed by atoms with E-state index in [0.29, 0.717) is 6.54 Å². The van der Waals surface area contributed by atoms with E-state index in [9.17, 15) is 10.2 Å². The molecule has 0 spiro atoms. The van der Waals surface area contributed by atoms with E-state index >= 15 is 0 Å². The Kier molecular flexibility index (Phi) is 3.79. The van der Waals surface area contributed by atoms with Crippen molar-refractivity contribution in [3.8, 4) is 11.5 Å². The number of nitrogens with zero attached hydrogens (tertiary/aromatic N) is 1. The van der Waals surface area contributed by atoms with Crippen LogP contribution < -0.4 is 5.32 Å². The van der Waals surface area contributed by atoms with Crippen molar-refractivity contribution < 1.29 is 10.2 Å². The van der Waals surface area contributed by atoms with Gasteiger partial charge in [0.25, 0.3) is 0 Å². The summed E-state index contributed by atoms with van der Waals surface area (Å²) in [6.45, 7) is 2.69. The molecule has 0 saturated heterocycles. The van der Waals surface area contributed by atoms with E-state index < -0.39 is 0 Å². The highest BCUT2D eigenvalue weighted by molar-refractivity contribution is 5.37. The molecule has 3 N–H and O–H groups in total. The van der Waals surface area contributed by atoms with Crippen molar-refractivity contribution in [2.24, 2.45) is 0 Å². The summed E-state index contributed by atoms with van der Waals surface area (Å²) in [5.41, 5.74) is 1.99. The van der Waals surface area contributed by atoms with Gasteiger partial charge in [-0.2, -0.15) is 0 Å². The lowest BCUT2D eigenvalue weighted by Gasteiger charge is -2.15. The van der Waals surface area contributed by atoms with Gasteiger partial charge in [-0.3, -0.25) is 4.98 Å². The molecule has 0 fully saturated rings. The Labute approximate surface area is 106 Å². The van der Waals surface area contributed by atoms with E-state index in [-0.39, 0.29) is 17.5 Å². The summed E-state index contributed by atoms with van der Waals surface area (Å²) in [5.74, 6) is 0.144.